The second-order valence-electron chi connectivity index (χ2n) is 6.10. The number of nitrogens with one attached hydrogen (secondary N) is 1. The van der Waals surface area contributed by atoms with E-state index < -0.39 is 0 Å². The second-order valence-corrected chi connectivity index (χ2v) is 6.10. The fourth-order valence-electron chi connectivity index (χ4n) is 2.99. The smallest absolute Gasteiger partial charge is 0.222 e. The molecule has 1 saturated heterocycles. The Labute approximate surface area is 137 Å². The monoisotopic (exact) mass is 312 g/mol. The van der Waals surface area contributed by atoms with E-state index in [2.05, 4.69) is 32.3 Å². The summed E-state index contributed by atoms with van der Waals surface area (Å²) in [7, 11) is 1.78. The summed E-state index contributed by atoms with van der Waals surface area (Å²) in [6.07, 6.45) is 5.05. The third-order valence-corrected chi connectivity index (χ3v) is 4.18. The summed E-state index contributed by atoms with van der Waals surface area (Å²) in [6.45, 7) is 4.74. The summed E-state index contributed by atoms with van der Waals surface area (Å²) in [6, 6.07) is 10.3. The van der Waals surface area contributed by atoms with E-state index >= 15 is 0 Å². The topological polar surface area (TPSA) is 50.3 Å². The van der Waals surface area contributed by atoms with Gasteiger partial charge in [-0.1, -0.05) is 30.3 Å². The van der Waals surface area contributed by atoms with Crippen LogP contribution >= 0.6 is 0 Å². The molecule has 1 aromatic carbocycles. The SMILES string of the molecule is COC[C@@H]1CCN(Cc2cnc(NCc3ccccc3)nc2)C1. The average Bonchev–Trinajstić information content (AvgIpc) is 3.03. The lowest BCUT2D eigenvalue weighted by Gasteiger charge is -2.15. The van der Waals surface area contributed by atoms with Crippen molar-refractivity contribution in [3.63, 3.8) is 0 Å². The van der Waals surface area contributed by atoms with Crippen molar-refractivity contribution in [3.05, 3.63) is 53.9 Å². The highest BCUT2D eigenvalue weighted by Gasteiger charge is 2.22. The third-order valence-electron chi connectivity index (χ3n) is 4.18. The van der Waals surface area contributed by atoms with E-state index in [1.165, 1.54) is 12.0 Å². The highest BCUT2D eigenvalue weighted by atomic mass is 16.5. The predicted octanol–water partition coefficient (Wildman–Crippen LogP) is 2.56. The van der Waals surface area contributed by atoms with E-state index in [9.17, 15) is 0 Å². The molecule has 2 heterocycles. The molecule has 5 heteroatoms. The van der Waals surface area contributed by atoms with E-state index in [1.54, 1.807) is 7.11 Å². The molecule has 0 spiro atoms. The number of rotatable bonds is 7. The van der Waals surface area contributed by atoms with Crippen molar-refractivity contribution in [2.75, 3.05) is 32.1 Å². The zero-order chi connectivity index (χ0) is 15.9. The number of likely N-dealkylation sites (tertiary alicyclic amines) is 1. The van der Waals surface area contributed by atoms with E-state index in [4.69, 9.17) is 4.74 Å². The van der Waals surface area contributed by atoms with Gasteiger partial charge in [-0.15, -0.1) is 0 Å². The standard InChI is InChI=1S/C18H24N4O/c1-23-14-16-7-8-22(12-16)13-17-10-20-18(21-11-17)19-9-15-5-3-2-4-6-15/h2-6,10-11,16H,7-9,12-14H2,1H3,(H,19,20,21)/t16-/m1/s1. The Balaban J connectivity index is 1.47. The van der Waals surface area contributed by atoms with Crippen LogP contribution < -0.4 is 5.32 Å². The van der Waals surface area contributed by atoms with Gasteiger partial charge in [-0.25, -0.2) is 9.97 Å². The van der Waals surface area contributed by atoms with Gasteiger partial charge in [0.05, 0.1) is 6.61 Å². The maximum absolute atomic E-state index is 5.24. The minimum absolute atomic E-state index is 0.660. The van der Waals surface area contributed by atoms with Crippen molar-refractivity contribution in [2.45, 2.75) is 19.5 Å². The van der Waals surface area contributed by atoms with Crippen LogP contribution in [0.1, 0.15) is 17.5 Å². The number of benzene rings is 1. The lowest BCUT2D eigenvalue weighted by molar-refractivity contribution is 0.152. The molecule has 0 unspecified atom stereocenters. The van der Waals surface area contributed by atoms with Gasteiger partial charge in [0, 0.05) is 44.7 Å². The predicted molar refractivity (Wildman–Crippen MR) is 91.1 cm³/mol. The average molecular weight is 312 g/mol. The number of anilines is 1. The maximum Gasteiger partial charge on any atom is 0.222 e. The molecule has 0 saturated carbocycles. The quantitative estimate of drug-likeness (QED) is 0.851. The van der Waals surface area contributed by atoms with Crippen molar-refractivity contribution in [3.8, 4) is 0 Å². The highest BCUT2D eigenvalue weighted by molar-refractivity contribution is 5.27. The molecule has 1 aliphatic heterocycles. The second kappa shape index (κ2) is 8.04. The number of aromatic nitrogens is 2. The van der Waals surface area contributed by atoms with Gasteiger partial charge < -0.3 is 10.1 Å². The summed E-state index contributed by atoms with van der Waals surface area (Å²) in [5, 5.41) is 3.25. The van der Waals surface area contributed by atoms with E-state index in [1.807, 2.05) is 30.6 Å². The van der Waals surface area contributed by atoms with Gasteiger partial charge in [0.15, 0.2) is 0 Å². The van der Waals surface area contributed by atoms with Gasteiger partial charge in [0.2, 0.25) is 5.95 Å². The summed E-state index contributed by atoms with van der Waals surface area (Å²) < 4.78 is 5.24. The lowest BCUT2D eigenvalue weighted by atomic mass is 10.1. The van der Waals surface area contributed by atoms with Gasteiger partial charge in [-0.2, -0.15) is 0 Å². The first-order valence-electron chi connectivity index (χ1n) is 8.13. The molecule has 1 fully saturated rings. The Morgan fingerprint density at radius 1 is 1.17 bits per heavy atom. The van der Waals surface area contributed by atoms with Crippen molar-refractivity contribution in [2.24, 2.45) is 5.92 Å². The molecule has 122 valence electrons. The largest absolute Gasteiger partial charge is 0.384 e. The van der Waals surface area contributed by atoms with Gasteiger partial charge in [0.1, 0.15) is 0 Å². The maximum atomic E-state index is 5.24. The molecule has 0 bridgehead atoms. The Morgan fingerprint density at radius 2 is 1.96 bits per heavy atom. The van der Waals surface area contributed by atoms with Crippen LogP contribution in [0.4, 0.5) is 5.95 Å². The van der Waals surface area contributed by atoms with Crippen LogP contribution in [0.15, 0.2) is 42.7 Å². The molecule has 0 amide bonds. The van der Waals surface area contributed by atoms with Crippen LogP contribution in [0.25, 0.3) is 0 Å². The molecule has 1 atom stereocenters. The zero-order valence-corrected chi connectivity index (χ0v) is 13.6. The highest BCUT2D eigenvalue weighted by Crippen LogP contribution is 2.18. The van der Waals surface area contributed by atoms with Gasteiger partial charge in [-0.3, -0.25) is 4.90 Å². The molecule has 0 aliphatic carbocycles. The van der Waals surface area contributed by atoms with Gasteiger partial charge in [0.25, 0.3) is 0 Å². The van der Waals surface area contributed by atoms with Crippen LogP contribution in [0.2, 0.25) is 0 Å². The molecule has 0 radical (unpaired) electrons. The third kappa shape index (κ3) is 4.74. The Kier molecular flexibility index (Phi) is 5.56. The molecule has 2 aromatic rings. The molecule has 23 heavy (non-hydrogen) atoms. The van der Waals surface area contributed by atoms with Crippen LogP contribution in [-0.4, -0.2) is 41.7 Å². The molecule has 1 N–H and O–H groups in total. The summed E-state index contributed by atoms with van der Waals surface area (Å²) in [4.78, 5) is 11.3. The van der Waals surface area contributed by atoms with Gasteiger partial charge >= 0.3 is 0 Å². The fraction of sp³-hybridized carbons (Fsp3) is 0.444. The number of ether oxygens (including phenoxy) is 1. The van der Waals surface area contributed by atoms with Crippen LogP contribution in [0, 0.1) is 5.92 Å². The van der Waals surface area contributed by atoms with Gasteiger partial charge in [-0.05, 0) is 24.4 Å². The summed E-state index contributed by atoms with van der Waals surface area (Å²) >= 11 is 0. The molecule has 1 aromatic heterocycles. The lowest BCUT2D eigenvalue weighted by Crippen LogP contribution is -2.21. The normalized spacial score (nSPS) is 18.2. The van der Waals surface area contributed by atoms with Crippen LogP contribution in [-0.2, 0) is 17.8 Å². The van der Waals surface area contributed by atoms with Crippen molar-refractivity contribution < 1.29 is 4.74 Å². The first-order chi connectivity index (χ1) is 11.3. The number of nitrogens with zero attached hydrogens (tertiary/aromatic N) is 3. The molecule has 3 rings (SSSR count). The molecular formula is C18H24N4O. The molecule has 1 aliphatic rings. The van der Waals surface area contributed by atoms with Crippen molar-refractivity contribution in [1.29, 1.82) is 0 Å². The minimum atomic E-state index is 0.660. The van der Waals surface area contributed by atoms with Crippen molar-refractivity contribution in [1.82, 2.24) is 14.9 Å². The van der Waals surface area contributed by atoms with E-state index in [0.29, 0.717) is 11.9 Å². The fourth-order valence-corrected chi connectivity index (χ4v) is 2.99. The zero-order valence-electron chi connectivity index (χ0n) is 13.6. The summed E-state index contributed by atoms with van der Waals surface area (Å²) in [5.41, 5.74) is 2.38. The summed E-state index contributed by atoms with van der Waals surface area (Å²) in [5.74, 6) is 1.34. The Morgan fingerprint density at radius 3 is 2.70 bits per heavy atom. The Bertz CT molecular complexity index is 588. The number of hydrogen-bond donors (Lipinski definition) is 1. The van der Waals surface area contributed by atoms with Crippen LogP contribution in [0.5, 0.6) is 0 Å². The molecular weight excluding hydrogens is 288 g/mol. The van der Waals surface area contributed by atoms with E-state index in [-0.39, 0.29) is 0 Å². The molecule has 5 nitrogen and oxygen atoms in total. The Hall–Kier alpha value is -1.98. The number of methoxy groups -OCH3 is 1. The first kappa shape index (κ1) is 15.9. The minimum Gasteiger partial charge on any atom is -0.384 e. The van der Waals surface area contributed by atoms with E-state index in [0.717, 1.165) is 38.3 Å². The van der Waals surface area contributed by atoms with Crippen molar-refractivity contribution >= 4 is 5.95 Å². The van der Waals surface area contributed by atoms with Crippen LogP contribution in [0.3, 0.4) is 0 Å². The first-order valence-corrected chi connectivity index (χ1v) is 8.13. The number of hydrogen-bond acceptors (Lipinski definition) is 5.